The van der Waals surface area contributed by atoms with E-state index in [1.165, 1.54) is 18.2 Å². The molecule has 30 heavy (non-hydrogen) atoms. The minimum absolute atomic E-state index is 0.0191. The van der Waals surface area contributed by atoms with Gasteiger partial charge in [-0.15, -0.1) is 0 Å². The summed E-state index contributed by atoms with van der Waals surface area (Å²) in [6, 6.07) is 4.54. The number of thiophene rings is 1. The van der Waals surface area contributed by atoms with E-state index in [1.807, 2.05) is 0 Å². The fourth-order valence-electron chi connectivity index (χ4n) is 2.51. The Morgan fingerprint density at radius 1 is 1.30 bits per heavy atom. The largest absolute Gasteiger partial charge is 0.465 e. The van der Waals surface area contributed by atoms with Crippen molar-refractivity contribution in [3.63, 3.8) is 0 Å². The van der Waals surface area contributed by atoms with Gasteiger partial charge in [0, 0.05) is 23.1 Å². The number of fused-ring (bicyclic) bond motifs is 1. The predicted octanol–water partition coefficient (Wildman–Crippen LogP) is 3.65. The van der Waals surface area contributed by atoms with Gasteiger partial charge in [0.1, 0.15) is 12.4 Å². The number of thiazole rings is 1. The highest BCUT2D eigenvalue weighted by Crippen LogP contribution is 2.25. The zero-order valence-corrected chi connectivity index (χ0v) is 17.0. The van der Waals surface area contributed by atoms with Crippen LogP contribution in [0.15, 0.2) is 35.3 Å². The van der Waals surface area contributed by atoms with Crippen molar-refractivity contribution in [3.05, 3.63) is 61.8 Å². The molecule has 0 aliphatic heterocycles. The van der Waals surface area contributed by atoms with E-state index in [9.17, 15) is 28.5 Å². The first-order valence-electron chi connectivity index (χ1n) is 8.43. The Morgan fingerprint density at radius 2 is 2.07 bits per heavy atom. The van der Waals surface area contributed by atoms with Gasteiger partial charge >= 0.3 is 11.0 Å². The van der Waals surface area contributed by atoms with E-state index in [0.717, 1.165) is 39.4 Å². The molecule has 0 spiro atoms. The third-order valence-electron chi connectivity index (χ3n) is 3.68. The molecule has 2 aromatic heterocycles. The minimum Gasteiger partial charge on any atom is -0.465 e. The molecule has 2 heterocycles. The highest BCUT2D eigenvalue weighted by molar-refractivity contribution is 7.16. The average molecular weight is 453 g/mol. The van der Waals surface area contributed by atoms with Gasteiger partial charge in [0.2, 0.25) is 0 Å². The molecule has 0 aliphatic carbocycles. The van der Waals surface area contributed by atoms with Gasteiger partial charge in [0.25, 0.3) is 5.91 Å². The Labute approximate surface area is 175 Å². The predicted molar refractivity (Wildman–Crippen MR) is 107 cm³/mol. The number of carbonyl (C=O) groups is 2. The van der Waals surface area contributed by atoms with Crippen molar-refractivity contribution in [2.24, 2.45) is 4.99 Å². The van der Waals surface area contributed by atoms with Crippen molar-refractivity contribution >= 4 is 55.8 Å². The van der Waals surface area contributed by atoms with Gasteiger partial charge in [-0.3, -0.25) is 19.7 Å². The smallest absolute Gasteiger partial charge is 0.326 e. The third kappa shape index (κ3) is 4.83. The van der Waals surface area contributed by atoms with Gasteiger partial charge in [-0.2, -0.15) is 4.99 Å². The summed E-state index contributed by atoms with van der Waals surface area (Å²) < 4.78 is 34.1. The number of aromatic nitrogens is 1. The number of benzene rings is 1. The van der Waals surface area contributed by atoms with Gasteiger partial charge in [-0.25, -0.2) is 8.78 Å². The molecule has 3 rings (SSSR count). The summed E-state index contributed by atoms with van der Waals surface area (Å²) in [5.41, 5.74) is -0.0705. The molecule has 0 saturated carbocycles. The van der Waals surface area contributed by atoms with Crippen LogP contribution in [0.4, 0.5) is 13.8 Å². The molecule has 0 bridgehead atoms. The van der Waals surface area contributed by atoms with E-state index >= 15 is 0 Å². The maximum atomic E-state index is 14.3. The molecule has 0 N–H and O–H groups in total. The first-order chi connectivity index (χ1) is 14.3. The van der Waals surface area contributed by atoms with E-state index in [4.69, 9.17) is 4.74 Å². The number of halogens is 2. The molecule has 156 valence electrons. The molecule has 1 aromatic carbocycles. The topological polar surface area (TPSA) is 104 Å². The number of hydrogen-bond donors (Lipinski definition) is 0. The number of esters is 1. The summed E-state index contributed by atoms with van der Waals surface area (Å²) in [6.45, 7) is 1.31. The van der Waals surface area contributed by atoms with Gasteiger partial charge < -0.3 is 9.30 Å². The van der Waals surface area contributed by atoms with E-state index in [0.29, 0.717) is 10.9 Å². The summed E-state index contributed by atoms with van der Waals surface area (Å²) in [5.74, 6) is -3.12. The number of ether oxygens (including phenoxy) is 1. The summed E-state index contributed by atoms with van der Waals surface area (Å²) in [5, 5.41) is 10.6. The second-order valence-corrected chi connectivity index (χ2v) is 7.83. The van der Waals surface area contributed by atoms with Gasteiger partial charge in [0.05, 0.1) is 21.7 Å². The molecule has 0 radical (unpaired) electrons. The van der Waals surface area contributed by atoms with Crippen molar-refractivity contribution in [1.29, 1.82) is 0 Å². The lowest BCUT2D eigenvalue weighted by molar-refractivity contribution is -0.380. The zero-order chi connectivity index (χ0) is 21.8. The average Bonchev–Trinajstić information content (AvgIpc) is 3.26. The number of carbonyl (C=O) groups excluding carboxylic acids is 2. The number of hydrogen-bond acceptors (Lipinski definition) is 7. The molecule has 8 nitrogen and oxygen atoms in total. The standard InChI is InChI=1S/C18H13F2N3O5S2/c1-2-28-16(25)9-22-17-12(20)7-10(19)8-13(17)30-18(22)21-14(24)5-3-11-4-6-15(29-11)23(26)27/h3-8H,2,9H2,1H3/b5-3+,21-18?. The van der Waals surface area contributed by atoms with Crippen LogP contribution in [0.25, 0.3) is 16.3 Å². The SMILES string of the molecule is CCOC(=O)Cn1c(=NC(=O)/C=C/c2ccc([N+](=O)[O-])s2)sc2cc(F)cc(F)c21. The summed E-state index contributed by atoms with van der Waals surface area (Å²) >= 11 is 1.72. The highest BCUT2D eigenvalue weighted by atomic mass is 32.1. The van der Waals surface area contributed by atoms with Gasteiger partial charge in [-0.05, 0) is 25.1 Å². The Morgan fingerprint density at radius 3 is 2.73 bits per heavy atom. The third-order valence-corrected chi connectivity index (χ3v) is 5.70. The van der Waals surface area contributed by atoms with Crippen LogP contribution in [-0.4, -0.2) is 28.0 Å². The Balaban J connectivity index is 1.99. The zero-order valence-electron chi connectivity index (χ0n) is 15.3. The molecule has 0 saturated heterocycles. The summed E-state index contributed by atoms with van der Waals surface area (Å²) in [6.07, 6.45) is 2.44. The molecular formula is C18H13F2N3O5S2. The molecule has 3 aromatic rings. The monoisotopic (exact) mass is 453 g/mol. The van der Waals surface area contributed by atoms with Gasteiger partial charge in [0.15, 0.2) is 10.6 Å². The van der Waals surface area contributed by atoms with Crippen LogP contribution in [0.1, 0.15) is 11.8 Å². The van der Waals surface area contributed by atoms with Crippen LogP contribution in [0.3, 0.4) is 0 Å². The van der Waals surface area contributed by atoms with Crippen LogP contribution < -0.4 is 4.80 Å². The van der Waals surface area contributed by atoms with Crippen molar-refractivity contribution in [2.75, 3.05) is 6.61 Å². The lowest BCUT2D eigenvalue weighted by Crippen LogP contribution is -2.23. The fraction of sp³-hybridized carbons (Fsp3) is 0.167. The lowest BCUT2D eigenvalue weighted by Gasteiger charge is -2.05. The minimum atomic E-state index is -0.902. The number of nitro groups is 1. The quantitative estimate of drug-likeness (QED) is 0.245. The Kier molecular flexibility index (Phi) is 6.47. The highest BCUT2D eigenvalue weighted by Gasteiger charge is 2.16. The molecule has 0 atom stereocenters. The summed E-state index contributed by atoms with van der Waals surface area (Å²) in [4.78, 5) is 38.6. The van der Waals surface area contributed by atoms with E-state index in [1.54, 1.807) is 6.92 Å². The number of nitrogens with zero attached hydrogens (tertiary/aromatic N) is 3. The molecule has 1 amide bonds. The number of rotatable bonds is 6. The van der Waals surface area contributed by atoms with Crippen LogP contribution in [-0.2, 0) is 20.9 Å². The number of amides is 1. The maximum Gasteiger partial charge on any atom is 0.326 e. The first-order valence-corrected chi connectivity index (χ1v) is 10.1. The molecule has 0 fully saturated rings. The van der Waals surface area contributed by atoms with Gasteiger partial charge in [-0.1, -0.05) is 22.7 Å². The van der Waals surface area contributed by atoms with Crippen LogP contribution in [0.5, 0.6) is 0 Å². The summed E-state index contributed by atoms with van der Waals surface area (Å²) in [7, 11) is 0. The van der Waals surface area contributed by atoms with Crippen molar-refractivity contribution < 1.29 is 28.0 Å². The maximum absolute atomic E-state index is 14.3. The van der Waals surface area contributed by atoms with Crippen LogP contribution in [0.2, 0.25) is 0 Å². The van der Waals surface area contributed by atoms with E-state index in [-0.39, 0.29) is 26.6 Å². The van der Waals surface area contributed by atoms with Crippen molar-refractivity contribution in [3.8, 4) is 0 Å². The van der Waals surface area contributed by atoms with E-state index < -0.39 is 35.0 Å². The van der Waals surface area contributed by atoms with Crippen LogP contribution in [0, 0.1) is 21.7 Å². The van der Waals surface area contributed by atoms with Crippen LogP contribution >= 0.6 is 22.7 Å². The molecule has 0 aliphatic rings. The second-order valence-electron chi connectivity index (χ2n) is 5.73. The van der Waals surface area contributed by atoms with Crippen molar-refractivity contribution in [1.82, 2.24) is 4.57 Å². The van der Waals surface area contributed by atoms with E-state index in [2.05, 4.69) is 4.99 Å². The second kappa shape index (κ2) is 9.05. The normalized spacial score (nSPS) is 12.0. The van der Waals surface area contributed by atoms with Crippen molar-refractivity contribution in [2.45, 2.75) is 13.5 Å². The molecule has 12 heteroatoms. The first kappa shape index (κ1) is 21.5. The fourth-order valence-corrected chi connectivity index (χ4v) is 4.31. The Bertz CT molecular complexity index is 1240. The lowest BCUT2D eigenvalue weighted by atomic mass is 10.3. The molecule has 0 unspecified atom stereocenters. The Hall–Kier alpha value is -3.25. The molecular weight excluding hydrogens is 440 g/mol.